The summed E-state index contributed by atoms with van der Waals surface area (Å²) in [4.78, 5) is 15.9. The van der Waals surface area contributed by atoms with Crippen molar-refractivity contribution in [2.75, 3.05) is 0 Å². The van der Waals surface area contributed by atoms with Gasteiger partial charge in [-0.1, -0.05) is 25.8 Å². The molecule has 92 valence electrons. The van der Waals surface area contributed by atoms with E-state index in [-0.39, 0.29) is 11.8 Å². The molecule has 0 aliphatic heterocycles. The second-order valence-electron chi connectivity index (χ2n) is 4.94. The van der Waals surface area contributed by atoms with Gasteiger partial charge in [-0.3, -0.25) is 9.78 Å². The molecular formula is C14H20N2O. The van der Waals surface area contributed by atoms with Crippen molar-refractivity contribution in [2.24, 2.45) is 0 Å². The quantitative estimate of drug-likeness (QED) is 0.867. The van der Waals surface area contributed by atoms with Crippen LogP contribution in [0.2, 0.25) is 0 Å². The smallest absolute Gasteiger partial charge is 0.220 e. The van der Waals surface area contributed by atoms with Crippen LogP contribution in [0.5, 0.6) is 0 Å². The van der Waals surface area contributed by atoms with Crippen molar-refractivity contribution < 1.29 is 4.79 Å². The zero-order valence-electron chi connectivity index (χ0n) is 10.4. The van der Waals surface area contributed by atoms with Crippen molar-refractivity contribution in [1.29, 1.82) is 0 Å². The summed E-state index contributed by atoms with van der Waals surface area (Å²) in [5.41, 5.74) is 1.13. The van der Waals surface area contributed by atoms with Gasteiger partial charge in [0.1, 0.15) is 0 Å². The first-order valence-electron chi connectivity index (χ1n) is 6.45. The van der Waals surface area contributed by atoms with Crippen LogP contribution in [0.1, 0.15) is 50.5 Å². The average molecular weight is 232 g/mol. The number of rotatable bonds is 4. The molecule has 0 radical (unpaired) electrons. The number of amides is 1. The number of hydrogen-bond acceptors (Lipinski definition) is 2. The number of nitrogens with one attached hydrogen (secondary N) is 1. The number of nitrogens with zero attached hydrogens (tertiary/aromatic N) is 1. The second kappa shape index (κ2) is 5.80. The van der Waals surface area contributed by atoms with Crippen molar-refractivity contribution in [2.45, 2.75) is 51.0 Å². The third kappa shape index (κ3) is 3.55. The van der Waals surface area contributed by atoms with E-state index in [0.717, 1.165) is 18.4 Å². The summed E-state index contributed by atoms with van der Waals surface area (Å²) in [6, 6.07) is 4.37. The predicted molar refractivity (Wildman–Crippen MR) is 67.7 cm³/mol. The molecule has 0 saturated heterocycles. The van der Waals surface area contributed by atoms with Gasteiger partial charge in [-0.2, -0.15) is 0 Å². The van der Waals surface area contributed by atoms with Gasteiger partial charge in [0.2, 0.25) is 5.91 Å². The highest BCUT2D eigenvalue weighted by molar-refractivity contribution is 5.77. The van der Waals surface area contributed by atoms with Gasteiger partial charge in [-0.05, 0) is 30.4 Å². The van der Waals surface area contributed by atoms with E-state index in [4.69, 9.17) is 0 Å². The number of carbonyl (C=O) groups excluding carboxylic acids is 1. The molecule has 1 saturated carbocycles. The highest BCUT2D eigenvalue weighted by Crippen LogP contribution is 2.20. The molecule has 1 heterocycles. The van der Waals surface area contributed by atoms with Crippen molar-refractivity contribution >= 4 is 5.91 Å². The van der Waals surface area contributed by atoms with Gasteiger partial charge in [0.05, 0.1) is 0 Å². The molecule has 0 bridgehead atoms. The minimum absolute atomic E-state index is 0.174. The number of carbonyl (C=O) groups is 1. The molecular weight excluding hydrogens is 212 g/mol. The summed E-state index contributed by atoms with van der Waals surface area (Å²) in [5.74, 6) is 0.415. The minimum Gasteiger partial charge on any atom is -0.353 e. The standard InChI is InChI=1S/C14H20N2O/c1-11(12-5-4-8-15-10-12)9-14(17)16-13-6-2-3-7-13/h4-5,8,10-11,13H,2-3,6-7,9H2,1H3,(H,16,17). The number of aromatic nitrogens is 1. The summed E-state index contributed by atoms with van der Waals surface area (Å²) in [5, 5.41) is 3.12. The fourth-order valence-corrected chi connectivity index (χ4v) is 2.42. The molecule has 1 fully saturated rings. The molecule has 0 spiro atoms. The summed E-state index contributed by atoms with van der Waals surface area (Å²) < 4.78 is 0. The highest BCUT2D eigenvalue weighted by Gasteiger charge is 2.18. The van der Waals surface area contributed by atoms with Gasteiger partial charge in [-0.15, -0.1) is 0 Å². The molecule has 0 aromatic carbocycles. The molecule has 3 nitrogen and oxygen atoms in total. The Hall–Kier alpha value is -1.38. The van der Waals surface area contributed by atoms with Crippen molar-refractivity contribution in [3.63, 3.8) is 0 Å². The second-order valence-corrected chi connectivity index (χ2v) is 4.94. The lowest BCUT2D eigenvalue weighted by molar-refractivity contribution is -0.122. The highest BCUT2D eigenvalue weighted by atomic mass is 16.1. The normalized spacial score (nSPS) is 17.9. The predicted octanol–water partition coefficient (Wildman–Crippen LogP) is 2.63. The van der Waals surface area contributed by atoms with E-state index in [9.17, 15) is 4.79 Å². The van der Waals surface area contributed by atoms with Crippen LogP contribution < -0.4 is 5.32 Å². The van der Waals surface area contributed by atoms with Gasteiger partial charge in [0.25, 0.3) is 0 Å². The maximum Gasteiger partial charge on any atom is 0.220 e. The largest absolute Gasteiger partial charge is 0.353 e. The summed E-state index contributed by atoms with van der Waals surface area (Å²) in [6.07, 6.45) is 8.96. The Morgan fingerprint density at radius 3 is 2.94 bits per heavy atom. The van der Waals surface area contributed by atoms with Crippen LogP contribution in [0.3, 0.4) is 0 Å². The van der Waals surface area contributed by atoms with E-state index in [1.54, 1.807) is 6.20 Å². The molecule has 1 amide bonds. The lowest BCUT2D eigenvalue weighted by Crippen LogP contribution is -2.33. The minimum atomic E-state index is 0.174. The fourth-order valence-electron chi connectivity index (χ4n) is 2.42. The fraction of sp³-hybridized carbons (Fsp3) is 0.571. The first-order valence-corrected chi connectivity index (χ1v) is 6.45. The van der Waals surface area contributed by atoms with Crippen molar-refractivity contribution in [3.05, 3.63) is 30.1 Å². The molecule has 1 aromatic rings. The summed E-state index contributed by atoms with van der Waals surface area (Å²) in [6.45, 7) is 2.07. The van der Waals surface area contributed by atoms with Crippen LogP contribution in [-0.4, -0.2) is 16.9 Å². The number of hydrogen-bond donors (Lipinski definition) is 1. The summed E-state index contributed by atoms with van der Waals surface area (Å²) in [7, 11) is 0. The molecule has 1 N–H and O–H groups in total. The SMILES string of the molecule is CC(CC(=O)NC1CCCC1)c1cccnc1. The van der Waals surface area contributed by atoms with E-state index in [1.807, 2.05) is 18.3 Å². The van der Waals surface area contributed by atoms with Gasteiger partial charge in [0, 0.05) is 24.9 Å². The zero-order valence-corrected chi connectivity index (χ0v) is 10.4. The number of pyridine rings is 1. The van der Waals surface area contributed by atoms with Crippen LogP contribution in [0.4, 0.5) is 0 Å². The lowest BCUT2D eigenvalue weighted by Gasteiger charge is -2.15. The van der Waals surface area contributed by atoms with Gasteiger partial charge >= 0.3 is 0 Å². The Morgan fingerprint density at radius 1 is 1.53 bits per heavy atom. The van der Waals surface area contributed by atoms with Gasteiger partial charge < -0.3 is 5.32 Å². The Balaban J connectivity index is 1.81. The van der Waals surface area contributed by atoms with Gasteiger partial charge in [-0.25, -0.2) is 0 Å². The molecule has 3 heteroatoms. The van der Waals surface area contributed by atoms with E-state index in [1.165, 1.54) is 12.8 Å². The third-order valence-corrected chi connectivity index (χ3v) is 3.47. The summed E-state index contributed by atoms with van der Waals surface area (Å²) >= 11 is 0. The van der Waals surface area contributed by atoms with Crippen LogP contribution in [0, 0.1) is 0 Å². The Bertz CT molecular complexity index is 358. The molecule has 1 unspecified atom stereocenters. The first kappa shape index (κ1) is 12.1. The van der Waals surface area contributed by atoms with E-state index >= 15 is 0 Å². The Kier molecular flexibility index (Phi) is 4.13. The Labute approximate surface area is 103 Å². The molecule has 1 aliphatic rings. The van der Waals surface area contributed by atoms with Crippen molar-refractivity contribution in [1.82, 2.24) is 10.3 Å². The molecule has 1 aliphatic carbocycles. The molecule has 2 rings (SSSR count). The van der Waals surface area contributed by atoms with E-state index in [2.05, 4.69) is 17.2 Å². The Morgan fingerprint density at radius 2 is 2.29 bits per heavy atom. The van der Waals surface area contributed by atoms with Crippen molar-refractivity contribution in [3.8, 4) is 0 Å². The van der Waals surface area contributed by atoms with Crippen LogP contribution in [0.25, 0.3) is 0 Å². The topological polar surface area (TPSA) is 42.0 Å². The van der Waals surface area contributed by atoms with Crippen LogP contribution in [-0.2, 0) is 4.79 Å². The third-order valence-electron chi connectivity index (χ3n) is 3.47. The monoisotopic (exact) mass is 232 g/mol. The maximum absolute atomic E-state index is 11.9. The molecule has 1 atom stereocenters. The molecule has 1 aromatic heterocycles. The van der Waals surface area contributed by atoms with Crippen LogP contribution >= 0.6 is 0 Å². The van der Waals surface area contributed by atoms with Gasteiger partial charge in [0.15, 0.2) is 0 Å². The maximum atomic E-state index is 11.9. The lowest BCUT2D eigenvalue weighted by atomic mass is 9.99. The van der Waals surface area contributed by atoms with E-state index in [0.29, 0.717) is 12.5 Å². The van der Waals surface area contributed by atoms with Crippen LogP contribution in [0.15, 0.2) is 24.5 Å². The van der Waals surface area contributed by atoms with E-state index < -0.39 is 0 Å². The molecule has 17 heavy (non-hydrogen) atoms. The zero-order chi connectivity index (χ0) is 12.1. The first-order chi connectivity index (χ1) is 8.25. The average Bonchev–Trinajstić information content (AvgIpc) is 2.82.